The Morgan fingerprint density at radius 2 is 1.84 bits per heavy atom. The molecule has 0 spiro atoms. The second-order valence-corrected chi connectivity index (χ2v) is 6.48. The predicted octanol–water partition coefficient (Wildman–Crippen LogP) is 3.14. The first-order valence-electron chi connectivity index (χ1n) is 9.20. The number of nitrogens with zero attached hydrogens (tertiary/aromatic N) is 6. The van der Waals surface area contributed by atoms with E-state index in [4.69, 9.17) is 4.74 Å². The minimum absolute atomic E-state index is 0.0680. The molecule has 2 aromatic heterocycles. The SMILES string of the molecule is CCN(C(=O)c1ccc(F)cc1-n1nccn1)[C@@H](C)COc1ncc(C(F)(F)F)cn1. The van der Waals surface area contributed by atoms with Gasteiger partial charge in [0, 0.05) is 25.0 Å². The lowest BCUT2D eigenvalue weighted by Crippen LogP contribution is -2.42. The first-order valence-corrected chi connectivity index (χ1v) is 9.20. The summed E-state index contributed by atoms with van der Waals surface area (Å²) < 4.78 is 56.9. The lowest BCUT2D eigenvalue weighted by Gasteiger charge is -2.28. The summed E-state index contributed by atoms with van der Waals surface area (Å²) in [6.07, 6.45) is -0.503. The standard InChI is InChI=1S/C19H18F4N6O2/c1-3-28(12(2)11-31-18-24-9-13(10-25-18)19(21,22)23)17(30)15-5-4-14(20)8-16(15)29-26-6-7-27-29/h4-10,12H,3,11H2,1-2H3/t12-/m0/s1. The van der Waals surface area contributed by atoms with Crippen LogP contribution >= 0.6 is 0 Å². The highest BCUT2D eigenvalue weighted by Gasteiger charge is 2.31. The highest BCUT2D eigenvalue weighted by Crippen LogP contribution is 2.28. The molecule has 31 heavy (non-hydrogen) atoms. The second-order valence-electron chi connectivity index (χ2n) is 6.48. The van der Waals surface area contributed by atoms with Gasteiger partial charge < -0.3 is 9.64 Å². The van der Waals surface area contributed by atoms with E-state index in [1.54, 1.807) is 13.8 Å². The number of ether oxygens (including phenoxy) is 1. The topological polar surface area (TPSA) is 86.0 Å². The van der Waals surface area contributed by atoms with E-state index in [0.717, 1.165) is 16.9 Å². The predicted molar refractivity (Wildman–Crippen MR) is 100 cm³/mol. The van der Waals surface area contributed by atoms with Crippen molar-refractivity contribution in [3.8, 4) is 11.7 Å². The molecule has 3 rings (SSSR count). The third-order valence-electron chi connectivity index (χ3n) is 4.37. The number of carbonyl (C=O) groups excluding carboxylic acids is 1. The van der Waals surface area contributed by atoms with Crippen molar-refractivity contribution in [1.29, 1.82) is 0 Å². The minimum Gasteiger partial charge on any atom is -0.461 e. The van der Waals surface area contributed by atoms with Crippen LogP contribution in [0.4, 0.5) is 17.6 Å². The molecular formula is C19H18F4N6O2. The number of likely N-dealkylation sites (N-methyl/N-ethyl adjacent to an activating group) is 1. The van der Waals surface area contributed by atoms with E-state index >= 15 is 0 Å². The van der Waals surface area contributed by atoms with Crippen LogP contribution in [-0.4, -0.2) is 55.0 Å². The molecule has 0 N–H and O–H groups in total. The van der Waals surface area contributed by atoms with Crippen LogP contribution in [-0.2, 0) is 6.18 Å². The Hall–Kier alpha value is -3.57. The first kappa shape index (κ1) is 22.1. The third-order valence-corrected chi connectivity index (χ3v) is 4.37. The Morgan fingerprint density at radius 1 is 1.19 bits per heavy atom. The molecule has 8 nitrogen and oxygen atoms in total. The molecular weight excluding hydrogens is 420 g/mol. The van der Waals surface area contributed by atoms with Crippen molar-refractivity contribution in [2.24, 2.45) is 0 Å². The van der Waals surface area contributed by atoms with Crippen molar-refractivity contribution in [2.75, 3.05) is 13.2 Å². The number of benzene rings is 1. The summed E-state index contributed by atoms with van der Waals surface area (Å²) >= 11 is 0. The Morgan fingerprint density at radius 3 is 2.42 bits per heavy atom. The van der Waals surface area contributed by atoms with Gasteiger partial charge in [0.05, 0.1) is 29.6 Å². The molecule has 1 aromatic carbocycles. The Labute approximate surface area is 174 Å². The lowest BCUT2D eigenvalue weighted by atomic mass is 10.1. The average molecular weight is 438 g/mol. The zero-order valence-corrected chi connectivity index (χ0v) is 16.5. The van der Waals surface area contributed by atoms with Gasteiger partial charge in [0.2, 0.25) is 0 Å². The Bertz CT molecular complexity index is 1020. The number of alkyl halides is 3. The van der Waals surface area contributed by atoms with Crippen LogP contribution in [0.1, 0.15) is 29.8 Å². The summed E-state index contributed by atoms with van der Waals surface area (Å²) in [7, 11) is 0. The van der Waals surface area contributed by atoms with Gasteiger partial charge >= 0.3 is 12.2 Å². The molecule has 0 saturated heterocycles. The van der Waals surface area contributed by atoms with Gasteiger partial charge in [-0.05, 0) is 26.0 Å². The number of hydrogen-bond donors (Lipinski definition) is 0. The maximum Gasteiger partial charge on any atom is 0.419 e. The number of hydrogen-bond acceptors (Lipinski definition) is 6. The molecule has 1 amide bonds. The van der Waals surface area contributed by atoms with Crippen LogP contribution in [0.3, 0.4) is 0 Å². The monoisotopic (exact) mass is 438 g/mol. The largest absolute Gasteiger partial charge is 0.461 e. The highest BCUT2D eigenvalue weighted by atomic mass is 19.4. The molecule has 0 aliphatic carbocycles. The van der Waals surface area contributed by atoms with Crippen LogP contribution < -0.4 is 4.74 Å². The zero-order valence-electron chi connectivity index (χ0n) is 16.5. The zero-order chi connectivity index (χ0) is 22.6. The van der Waals surface area contributed by atoms with Crippen molar-refractivity contribution in [1.82, 2.24) is 29.9 Å². The summed E-state index contributed by atoms with van der Waals surface area (Å²) in [6.45, 7) is 3.67. The van der Waals surface area contributed by atoms with Gasteiger partial charge in [-0.25, -0.2) is 14.4 Å². The summed E-state index contributed by atoms with van der Waals surface area (Å²) in [4.78, 5) is 22.8. The van der Waals surface area contributed by atoms with E-state index in [-0.39, 0.29) is 23.9 Å². The molecule has 2 heterocycles. The smallest absolute Gasteiger partial charge is 0.419 e. The van der Waals surface area contributed by atoms with Crippen LogP contribution in [0.2, 0.25) is 0 Å². The van der Waals surface area contributed by atoms with E-state index in [0.29, 0.717) is 18.9 Å². The van der Waals surface area contributed by atoms with Gasteiger partial charge in [-0.3, -0.25) is 4.79 Å². The molecule has 0 aliphatic heterocycles. The van der Waals surface area contributed by atoms with E-state index in [1.165, 1.54) is 23.4 Å². The van der Waals surface area contributed by atoms with Gasteiger partial charge in [0.1, 0.15) is 18.1 Å². The quantitative estimate of drug-likeness (QED) is 0.527. The van der Waals surface area contributed by atoms with Crippen LogP contribution in [0.25, 0.3) is 5.69 Å². The molecule has 0 unspecified atom stereocenters. The molecule has 0 aliphatic rings. The van der Waals surface area contributed by atoms with Gasteiger partial charge in [-0.15, -0.1) is 0 Å². The number of aromatic nitrogens is 5. The summed E-state index contributed by atoms with van der Waals surface area (Å²) in [5.41, 5.74) is -0.640. The maximum atomic E-state index is 13.8. The maximum absolute atomic E-state index is 13.8. The fourth-order valence-corrected chi connectivity index (χ4v) is 2.82. The number of amides is 1. The molecule has 0 radical (unpaired) electrons. The van der Waals surface area contributed by atoms with Gasteiger partial charge in [-0.1, -0.05) is 0 Å². The molecule has 12 heteroatoms. The fraction of sp³-hybridized carbons (Fsp3) is 0.316. The summed E-state index contributed by atoms with van der Waals surface area (Å²) in [6, 6.07) is 2.91. The minimum atomic E-state index is -4.55. The molecule has 1 atom stereocenters. The summed E-state index contributed by atoms with van der Waals surface area (Å²) in [5.74, 6) is -0.970. The fourth-order valence-electron chi connectivity index (χ4n) is 2.82. The van der Waals surface area contributed by atoms with E-state index in [1.807, 2.05) is 0 Å². The number of rotatable bonds is 7. The highest BCUT2D eigenvalue weighted by molar-refractivity contribution is 5.97. The van der Waals surface area contributed by atoms with Gasteiger partial charge in [0.25, 0.3) is 5.91 Å². The molecule has 0 bridgehead atoms. The van der Waals surface area contributed by atoms with Crippen LogP contribution in [0.15, 0.2) is 43.0 Å². The van der Waals surface area contributed by atoms with Crippen molar-refractivity contribution >= 4 is 5.91 Å². The van der Waals surface area contributed by atoms with E-state index in [9.17, 15) is 22.4 Å². The van der Waals surface area contributed by atoms with Gasteiger partial charge in [0.15, 0.2) is 0 Å². The van der Waals surface area contributed by atoms with Crippen LogP contribution in [0.5, 0.6) is 6.01 Å². The lowest BCUT2D eigenvalue weighted by molar-refractivity contribution is -0.138. The summed E-state index contributed by atoms with van der Waals surface area (Å²) in [5, 5.41) is 7.90. The Balaban J connectivity index is 1.74. The third kappa shape index (κ3) is 5.13. The molecule has 3 aromatic rings. The number of carbonyl (C=O) groups is 1. The van der Waals surface area contributed by atoms with Crippen molar-refractivity contribution < 1.29 is 27.1 Å². The van der Waals surface area contributed by atoms with E-state index < -0.39 is 29.5 Å². The second kappa shape index (κ2) is 9.06. The normalized spacial score (nSPS) is 12.5. The molecule has 0 fully saturated rings. The van der Waals surface area contributed by atoms with Gasteiger partial charge in [-0.2, -0.15) is 28.2 Å². The average Bonchev–Trinajstić information content (AvgIpc) is 3.27. The molecule has 0 saturated carbocycles. The van der Waals surface area contributed by atoms with E-state index in [2.05, 4.69) is 20.2 Å². The van der Waals surface area contributed by atoms with Crippen molar-refractivity contribution in [3.05, 3.63) is 59.9 Å². The van der Waals surface area contributed by atoms with Crippen molar-refractivity contribution in [3.63, 3.8) is 0 Å². The van der Waals surface area contributed by atoms with Crippen LogP contribution in [0, 0.1) is 5.82 Å². The molecule has 164 valence electrons. The Kier molecular flexibility index (Phi) is 6.47. The van der Waals surface area contributed by atoms with Crippen molar-refractivity contribution in [2.45, 2.75) is 26.1 Å². The first-order chi connectivity index (χ1) is 14.7. The number of halogens is 4.